The number of amides is 2. The van der Waals surface area contributed by atoms with E-state index in [2.05, 4.69) is 10.5 Å². The Hall–Kier alpha value is -2.63. The van der Waals surface area contributed by atoms with Crippen LogP contribution in [0.2, 0.25) is 0 Å². The molecule has 2 aromatic rings. The van der Waals surface area contributed by atoms with E-state index in [9.17, 15) is 9.59 Å². The van der Waals surface area contributed by atoms with Gasteiger partial charge < -0.3 is 14.7 Å². The normalized spacial score (nSPS) is 18.0. The predicted octanol–water partition coefficient (Wildman–Crippen LogP) is 2.68. The molecule has 1 aliphatic heterocycles. The number of hydrogen-bond acceptors (Lipinski definition) is 4. The summed E-state index contributed by atoms with van der Waals surface area (Å²) in [5.41, 5.74) is 1.14. The lowest BCUT2D eigenvalue weighted by Gasteiger charge is -2.32. The summed E-state index contributed by atoms with van der Waals surface area (Å²) in [6.07, 6.45) is 3.04. The van der Waals surface area contributed by atoms with Crippen molar-refractivity contribution >= 4 is 23.3 Å². The average molecular weight is 325 g/mol. The molecule has 1 fully saturated rings. The standard InChI is InChI=1S/C18H19N3O3/c1-12-11-15(20-24-12)19-16(22)18(8-9-18)17(23)21-10-4-6-13-5-2-3-7-14(13)21/h2-3,5,7,11H,4,6,8-10H2,1H3,(H,19,20,22). The zero-order valence-corrected chi connectivity index (χ0v) is 13.5. The van der Waals surface area contributed by atoms with E-state index in [-0.39, 0.29) is 11.8 Å². The zero-order chi connectivity index (χ0) is 16.7. The molecule has 0 unspecified atom stereocenters. The molecule has 1 N–H and O–H groups in total. The molecule has 1 aromatic carbocycles. The van der Waals surface area contributed by atoms with E-state index in [1.54, 1.807) is 17.9 Å². The van der Waals surface area contributed by atoms with Crippen LogP contribution >= 0.6 is 0 Å². The molecule has 6 nitrogen and oxygen atoms in total. The molecule has 124 valence electrons. The van der Waals surface area contributed by atoms with Crippen LogP contribution < -0.4 is 10.2 Å². The second-order valence-corrected chi connectivity index (χ2v) is 6.55. The van der Waals surface area contributed by atoms with Gasteiger partial charge in [0.05, 0.1) is 0 Å². The number of carbonyl (C=O) groups is 2. The molecule has 0 spiro atoms. The monoisotopic (exact) mass is 325 g/mol. The number of aryl methyl sites for hydroxylation is 2. The number of carbonyl (C=O) groups excluding carboxylic acids is 2. The molecule has 0 atom stereocenters. The number of para-hydroxylation sites is 1. The summed E-state index contributed by atoms with van der Waals surface area (Å²) in [6.45, 7) is 2.42. The maximum Gasteiger partial charge on any atom is 0.242 e. The number of hydrogen-bond donors (Lipinski definition) is 1. The van der Waals surface area contributed by atoms with Gasteiger partial charge in [-0.15, -0.1) is 0 Å². The van der Waals surface area contributed by atoms with Gasteiger partial charge in [-0.3, -0.25) is 9.59 Å². The van der Waals surface area contributed by atoms with E-state index in [1.807, 2.05) is 24.3 Å². The molecule has 1 aliphatic carbocycles. The van der Waals surface area contributed by atoms with Gasteiger partial charge in [-0.1, -0.05) is 23.4 Å². The maximum atomic E-state index is 13.1. The van der Waals surface area contributed by atoms with E-state index < -0.39 is 5.41 Å². The van der Waals surface area contributed by atoms with E-state index >= 15 is 0 Å². The predicted molar refractivity (Wildman–Crippen MR) is 88.7 cm³/mol. The second kappa shape index (κ2) is 5.47. The molecule has 24 heavy (non-hydrogen) atoms. The molecule has 1 saturated carbocycles. The molecule has 0 radical (unpaired) electrons. The van der Waals surface area contributed by atoms with Gasteiger partial charge in [0.2, 0.25) is 11.8 Å². The number of aromatic nitrogens is 1. The molecule has 4 rings (SSSR count). The van der Waals surface area contributed by atoms with Crippen molar-refractivity contribution in [2.45, 2.75) is 32.6 Å². The van der Waals surface area contributed by atoms with E-state index in [0.29, 0.717) is 31.0 Å². The first kappa shape index (κ1) is 14.9. The van der Waals surface area contributed by atoms with E-state index in [0.717, 1.165) is 18.5 Å². The highest BCUT2D eigenvalue weighted by Gasteiger charge is 2.58. The molecule has 0 saturated heterocycles. The molecule has 2 heterocycles. The quantitative estimate of drug-likeness (QED) is 0.880. The van der Waals surface area contributed by atoms with Crippen LogP contribution in [-0.2, 0) is 16.0 Å². The maximum absolute atomic E-state index is 13.1. The number of anilines is 2. The Morgan fingerprint density at radius 2 is 2.08 bits per heavy atom. The molecular formula is C18H19N3O3. The lowest BCUT2D eigenvalue weighted by Crippen LogP contribution is -2.45. The van der Waals surface area contributed by atoms with Crippen molar-refractivity contribution in [2.24, 2.45) is 5.41 Å². The summed E-state index contributed by atoms with van der Waals surface area (Å²) in [5.74, 6) is 0.582. The first-order valence-electron chi connectivity index (χ1n) is 8.25. The molecule has 1 aromatic heterocycles. The summed E-state index contributed by atoms with van der Waals surface area (Å²) in [4.78, 5) is 27.5. The summed E-state index contributed by atoms with van der Waals surface area (Å²) in [7, 11) is 0. The van der Waals surface area contributed by atoms with Gasteiger partial charge in [0, 0.05) is 18.3 Å². The Balaban J connectivity index is 1.57. The van der Waals surface area contributed by atoms with Gasteiger partial charge in [0.1, 0.15) is 11.2 Å². The third-order valence-corrected chi connectivity index (χ3v) is 4.82. The summed E-state index contributed by atoms with van der Waals surface area (Å²) in [5, 5.41) is 6.49. The Morgan fingerprint density at radius 1 is 1.29 bits per heavy atom. The Bertz CT molecular complexity index is 807. The topological polar surface area (TPSA) is 75.4 Å². The van der Waals surface area contributed by atoms with Crippen molar-refractivity contribution in [3.8, 4) is 0 Å². The van der Waals surface area contributed by atoms with Crippen LogP contribution in [0.15, 0.2) is 34.9 Å². The minimum Gasteiger partial charge on any atom is -0.360 e. The molecule has 0 bridgehead atoms. The highest BCUT2D eigenvalue weighted by molar-refractivity contribution is 6.17. The fraction of sp³-hybridized carbons (Fsp3) is 0.389. The average Bonchev–Trinajstić information content (AvgIpc) is 3.32. The van der Waals surface area contributed by atoms with Crippen molar-refractivity contribution in [3.63, 3.8) is 0 Å². The van der Waals surface area contributed by atoms with Crippen LogP contribution in [0.3, 0.4) is 0 Å². The fourth-order valence-electron chi connectivity index (χ4n) is 3.33. The molecular weight excluding hydrogens is 306 g/mol. The minimum absolute atomic E-state index is 0.104. The first-order chi connectivity index (χ1) is 11.6. The Morgan fingerprint density at radius 3 is 2.79 bits per heavy atom. The summed E-state index contributed by atoms with van der Waals surface area (Å²) in [6, 6.07) is 9.57. The van der Waals surface area contributed by atoms with Crippen LogP contribution in [0.25, 0.3) is 0 Å². The third-order valence-electron chi connectivity index (χ3n) is 4.82. The summed E-state index contributed by atoms with van der Waals surface area (Å²) >= 11 is 0. The van der Waals surface area contributed by atoms with Crippen LogP contribution in [0, 0.1) is 12.3 Å². The van der Waals surface area contributed by atoms with Crippen molar-refractivity contribution in [1.29, 1.82) is 0 Å². The van der Waals surface area contributed by atoms with E-state index in [4.69, 9.17) is 4.52 Å². The van der Waals surface area contributed by atoms with Gasteiger partial charge in [-0.25, -0.2) is 0 Å². The minimum atomic E-state index is -0.961. The number of fused-ring (bicyclic) bond motifs is 1. The highest BCUT2D eigenvalue weighted by atomic mass is 16.5. The Labute approximate surface area is 139 Å². The number of nitrogens with zero attached hydrogens (tertiary/aromatic N) is 2. The first-order valence-corrected chi connectivity index (χ1v) is 8.25. The van der Waals surface area contributed by atoms with Gasteiger partial charge in [-0.05, 0) is 44.2 Å². The number of nitrogens with one attached hydrogen (secondary N) is 1. The molecule has 2 aliphatic rings. The largest absolute Gasteiger partial charge is 0.360 e. The molecule has 2 amide bonds. The fourth-order valence-corrected chi connectivity index (χ4v) is 3.33. The lowest BCUT2D eigenvalue weighted by atomic mass is 9.97. The Kier molecular flexibility index (Phi) is 3.40. The smallest absolute Gasteiger partial charge is 0.242 e. The van der Waals surface area contributed by atoms with Gasteiger partial charge in [0.25, 0.3) is 0 Å². The summed E-state index contributed by atoms with van der Waals surface area (Å²) < 4.78 is 4.96. The third kappa shape index (κ3) is 2.38. The van der Waals surface area contributed by atoms with Crippen molar-refractivity contribution in [1.82, 2.24) is 5.16 Å². The second-order valence-electron chi connectivity index (χ2n) is 6.55. The number of benzene rings is 1. The van der Waals surface area contributed by atoms with Crippen molar-refractivity contribution in [3.05, 3.63) is 41.7 Å². The van der Waals surface area contributed by atoms with Crippen molar-refractivity contribution in [2.75, 3.05) is 16.8 Å². The van der Waals surface area contributed by atoms with Gasteiger partial charge in [-0.2, -0.15) is 0 Å². The molecule has 6 heteroatoms. The SMILES string of the molecule is Cc1cc(NC(=O)C2(C(=O)N3CCCc4ccccc43)CC2)no1. The van der Waals surface area contributed by atoms with Crippen LogP contribution in [0.1, 0.15) is 30.6 Å². The van der Waals surface area contributed by atoms with Gasteiger partial charge >= 0.3 is 0 Å². The van der Waals surface area contributed by atoms with Crippen LogP contribution in [0.5, 0.6) is 0 Å². The van der Waals surface area contributed by atoms with Crippen LogP contribution in [-0.4, -0.2) is 23.5 Å². The van der Waals surface area contributed by atoms with Crippen LogP contribution in [0.4, 0.5) is 11.5 Å². The zero-order valence-electron chi connectivity index (χ0n) is 13.5. The van der Waals surface area contributed by atoms with Crippen molar-refractivity contribution < 1.29 is 14.1 Å². The van der Waals surface area contributed by atoms with Gasteiger partial charge in [0.15, 0.2) is 5.82 Å². The highest BCUT2D eigenvalue weighted by Crippen LogP contribution is 2.49. The number of rotatable bonds is 3. The van der Waals surface area contributed by atoms with E-state index in [1.165, 1.54) is 5.56 Å². The lowest BCUT2D eigenvalue weighted by molar-refractivity contribution is -0.132.